The molecule has 31 heavy (non-hydrogen) atoms. The Hall–Kier alpha value is -3.15. The first-order valence-electron chi connectivity index (χ1n) is 11.4. The lowest BCUT2D eigenvalue weighted by Crippen LogP contribution is -2.18. The van der Waals surface area contributed by atoms with E-state index in [-0.39, 0.29) is 11.5 Å². The first-order chi connectivity index (χ1) is 15.2. The topological polar surface area (TPSA) is 86.9 Å². The lowest BCUT2D eigenvalue weighted by molar-refractivity contribution is -0.116. The van der Waals surface area contributed by atoms with Crippen LogP contribution in [0.3, 0.4) is 0 Å². The fourth-order valence-electron chi connectivity index (χ4n) is 5.02. The van der Waals surface area contributed by atoms with Crippen LogP contribution < -0.4 is 16.2 Å². The standard InChI is InChI=1S/C25H28N4O2/c30-24(12-6-11-23-28-21-10-5-4-8-18(21)25(31)29-23)26-16-13-14-22-19(15-16)17-7-2-1-3-9-20(17)27-22/h4-5,8,10,13-15,17,20,27H,1-3,6-7,9,11-12H2,(H,26,30)(H,28,29,31)/t17-,20-/m0/s1. The summed E-state index contributed by atoms with van der Waals surface area (Å²) in [5, 5.41) is 7.32. The van der Waals surface area contributed by atoms with Crippen molar-refractivity contribution in [3.8, 4) is 0 Å². The normalized spacial score (nSPS) is 19.9. The largest absolute Gasteiger partial charge is 0.381 e. The predicted molar refractivity (Wildman–Crippen MR) is 124 cm³/mol. The third-order valence-electron chi connectivity index (χ3n) is 6.57. The second-order valence-electron chi connectivity index (χ2n) is 8.73. The van der Waals surface area contributed by atoms with Crippen molar-refractivity contribution in [3.63, 3.8) is 0 Å². The molecule has 2 heterocycles. The average Bonchev–Trinajstić information content (AvgIpc) is 2.94. The Morgan fingerprint density at radius 2 is 1.97 bits per heavy atom. The number of carbonyl (C=O) groups excluding carboxylic acids is 1. The monoisotopic (exact) mass is 416 g/mol. The highest BCUT2D eigenvalue weighted by Crippen LogP contribution is 2.43. The van der Waals surface area contributed by atoms with Gasteiger partial charge < -0.3 is 15.6 Å². The average molecular weight is 417 g/mol. The number of fused-ring (bicyclic) bond motifs is 4. The summed E-state index contributed by atoms with van der Waals surface area (Å²) >= 11 is 0. The van der Waals surface area contributed by atoms with Crippen LogP contribution in [0.5, 0.6) is 0 Å². The van der Waals surface area contributed by atoms with E-state index < -0.39 is 0 Å². The van der Waals surface area contributed by atoms with Gasteiger partial charge in [-0.3, -0.25) is 9.59 Å². The number of hydrogen-bond acceptors (Lipinski definition) is 4. The van der Waals surface area contributed by atoms with Crippen molar-refractivity contribution < 1.29 is 4.79 Å². The van der Waals surface area contributed by atoms with Gasteiger partial charge in [-0.1, -0.05) is 31.4 Å². The summed E-state index contributed by atoms with van der Waals surface area (Å²) in [6.45, 7) is 0. The van der Waals surface area contributed by atoms with Gasteiger partial charge in [-0.25, -0.2) is 4.98 Å². The molecule has 0 saturated heterocycles. The maximum absolute atomic E-state index is 12.5. The van der Waals surface area contributed by atoms with Gasteiger partial charge in [-0.2, -0.15) is 0 Å². The molecule has 0 spiro atoms. The van der Waals surface area contributed by atoms with Crippen LogP contribution >= 0.6 is 0 Å². The number of carbonyl (C=O) groups is 1. The molecule has 1 saturated carbocycles. The maximum Gasteiger partial charge on any atom is 0.258 e. The van der Waals surface area contributed by atoms with Gasteiger partial charge in [0.2, 0.25) is 5.91 Å². The molecule has 3 aromatic rings. The molecule has 5 rings (SSSR count). The zero-order valence-electron chi connectivity index (χ0n) is 17.6. The molecule has 6 heteroatoms. The lowest BCUT2D eigenvalue weighted by Gasteiger charge is -2.16. The SMILES string of the molecule is O=C(CCCc1nc2ccccc2c(=O)[nH]1)Nc1ccc2c(c1)[C@@H]1CCCCC[C@@H]1N2. The number of para-hydroxylation sites is 1. The number of hydrogen-bond donors (Lipinski definition) is 3. The van der Waals surface area contributed by atoms with Crippen molar-refractivity contribution >= 4 is 28.2 Å². The van der Waals surface area contributed by atoms with E-state index >= 15 is 0 Å². The summed E-state index contributed by atoms with van der Waals surface area (Å²) in [4.78, 5) is 32.0. The van der Waals surface area contributed by atoms with Crippen LogP contribution in [0.2, 0.25) is 0 Å². The van der Waals surface area contributed by atoms with Crippen molar-refractivity contribution in [2.75, 3.05) is 10.6 Å². The number of aromatic nitrogens is 2. The van der Waals surface area contributed by atoms with Crippen molar-refractivity contribution in [2.45, 2.75) is 63.3 Å². The first-order valence-corrected chi connectivity index (χ1v) is 11.4. The first kappa shape index (κ1) is 19.8. The molecule has 6 nitrogen and oxygen atoms in total. The third-order valence-corrected chi connectivity index (χ3v) is 6.57. The molecular weight excluding hydrogens is 388 g/mol. The van der Waals surface area contributed by atoms with Crippen LogP contribution in [-0.2, 0) is 11.2 Å². The molecule has 3 N–H and O–H groups in total. The lowest BCUT2D eigenvalue weighted by atomic mass is 9.91. The van der Waals surface area contributed by atoms with E-state index in [1.54, 1.807) is 6.07 Å². The smallest absolute Gasteiger partial charge is 0.258 e. The molecule has 0 bridgehead atoms. The van der Waals surface area contributed by atoms with E-state index in [0.717, 1.165) is 5.69 Å². The van der Waals surface area contributed by atoms with Crippen molar-refractivity contribution in [1.82, 2.24) is 9.97 Å². The van der Waals surface area contributed by atoms with E-state index in [0.29, 0.717) is 47.9 Å². The Morgan fingerprint density at radius 1 is 1.10 bits per heavy atom. The van der Waals surface area contributed by atoms with Gasteiger partial charge in [0.1, 0.15) is 5.82 Å². The van der Waals surface area contributed by atoms with Crippen LogP contribution in [0.15, 0.2) is 47.3 Å². The number of rotatable bonds is 5. The molecule has 160 valence electrons. The Labute approximate surface area is 181 Å². The predicted octanol–water partition coefficient (Wildman–Crippen LogP) is 4.73. The maximum atomic E-state index is 12.5. The molecule has 2 aromatic carbocycles. The van der Waals surface area contributed by atoms with E-state index in [1.165, 1.54) is 43.4 Å². The zero-order chi connectivity index (χ0) is 21.2. The molecule has 2 aliphatic rings. The number of H-pyrrole nitrogens is 1. The molecule has 2 atom stereocenters. The van der Waals surface area contributed by atoms with Crippen molar-refractivity contribution in [3.05, 3.63) is 64.2 Å². The van der Waals surface area contributed by atoms with E-state index in [9.17, 15) is 9.59 Å². The van der Waals surface area contributed by atoms with Crippen LogP contribution in [0.1, 0.15) is 62.3 Å². The molecule has 1 fully saturated rings. The highest BCUT2D eigenvalue weighted by molar-refractivity contribution is 5.91. The van der Waals surface area contributed by atoms with Crippen molar-refractivity contribution in [2.24, 2.45) is 0 Å². The Balaban J connectivity index is 1.19. The van der Waals surface area contributed by atoms with Gasteiger partial charge in [0, 0.05) is 36.2 Å². The van der Waals surface area contributed by atoms with Gasteiger partial charge in [0.25, 0.3) is 5.56 Å². The van der Waals surface area contributed by atoms with Gasteiger partial charge in [-0.15, -0.1) is 0 Å². The fraction of sp³-hybridized carbons (Fsp3) is 0.400. The third kappa shape index (κ3) is 4.20. The number of benzene rings is 2. The highest BCUT2D eigenvalue weighted by atomic mass is 16.1. The van der Waals surface area contributed by atoms with Gasteiger partial charge in [0.15, 0.2) is 0 Å². The minimum atomic E-state index is -0.131. The van der Waals surface area contributed by atoms with Crippen LogP contribution in [0.4, 0.5) is 11.4 Å². The van der Waals surface area contributed by atoms with Gasteiger partial charge in [-0.05, 0) is 55.2 Å². The minimum absolute atomic E-state index is 0.00791. The molecular formula is C25H28N4O2. The summed E-state index contributed by atoms with van der Waals surface area (Å²) in [6, 6.07) is 14.1. The summed E-state index contributed by atoms with van der Waals surface area (Å²) in [5.74, 6) is 1.18. The summed E-state index contributed by atoms with van der Waals surface area (Å²) in [6.07, 6.45) is 7.92. The van der Waals surface area contributed by atoms with Crippen LogP contribution in [0.25, 0.3) is 10.9 Å². The van der Waals surface area contributed by atoms with Crippen molar-refractivity contribution in [1.29, 1.82) is 0 Å². The minimum Gasteiger partial charge on any atom is -0.381 e. The Morgan fingerprint density at radius 3 is 2.90 bits per heavy atom. The molecule has 1 aliphatic heterocycles. The summed E-state index contributed by atoms with van der Waals surface area (Å²) in [7, 11) is 0. The summed E-state index contributed by atoms with van der Waals surface area (Å²) < 4.78 is 0. The van der Waals surface area contributed by atoms with Crippen LogP contribution in [0, 0.1) is 0 Å². The number of nitrogens with zero attached hydrogens (tertiary/aromatic N) is 1. The molecule has 1 aromatic heterocycles. The Kier molecular flexibility index (Phi) is 5.45. The molecule has 1 aliphatic carbocycles. The highest BCUT2D eigenvalue weighted by Gasteiger charge is 2.32. The molecule has 1 amide bonds. The zero-order valence-corrected chi connectivity index (χ0v) is 17.6. The quantitative estimate of drug-likeness (QED) is 0.561. The van der Waals surface area contributed by atoms with E-state index in [1.807, 2.05) is 24.3 Å². The summed E-state index contributed by atoms with van der Waals surface area (Å²) in [5.41, 5.74) is 4.00. The second-order valence-corrected chi connectivity index (χ2v) is 8.73. The number of aromatic amines is 1. The number of aryl methyl sites for hydroxylation is 1. The van der Waals surface area contributed by atoms with Crippen LogP contribution in [-0.4, -0.2) is 21.9 Å². The fourth-order valence-corrected chi connectivity index (χ4v) is 5.02. The van der Waals surface area contributed by atoms with E-state index in [2.05, 4.69) is 32.7 Å². The van der Waals surface area contributed by atoms with Gasteiger partial charge in [0.05, 0.1) is 10.9 Å². The van der Waals surface area contributed by atoms with E-state index in [4.69, 9.17) is 0 Å². The number of nitrogens with one attached hydrogen (secondary N) is 3. The number of amides is 1. The Bertz CT molecular complexity index is 1170. The van der Waals surface area contributed by atoms with Gasteiger partial charge >= 0.3 is 0 Å². The second kappa shape index (κ2) is 8.53. The molecule has 0 unspecified atom stereocenters. The number of anilines is 2. The molecule has 0 radical (unpaired) electrons.